The summed E-state index contributed by atoms with van der Waals surface area (Å²) in [6, 6.07) is 7.64. The minimum Gasteiger partial charge on any atom is -0.478 e. The molecule has 0 spiro atoms. The predicted octanol–water partition coefficient (Wildman–Crippen LogP) is 6.15. The SMILES string of the molecule is CCN(CC)c1ccc2cc(C=CC=CC=C(C(=O)O)C(F)(F)F)c(=S)oc2c1. The van der Waals surface area contributed by atoms with Crippen LogP contribution in [0.3, 0.4) is 0 Å². The van der Waals surface area contributed by atoms with Crippen molar-refractivity contribution in [2.24, 2.45) is 0 Å². The normalized spacial score (nSPS) is 12.9. The van der Waals surface area contributed by atoms with Crippen molar-refractivity contribution in [3.63, 3.8) is 0 Å². The van der Waals surface area contributed by atoms with Crippen LogP contribution < -0.4 is 4.90 Å². The Hall–Kier alpha value is -2.87. The van der Waals surface area contributed by atoms with Gasteiger partial charge in [-0.05, 0) is 50.3 Å². The second-order valence-electron chi connectivity index (χ2n) is 6.01. The topological polar surface area (TPSA) is 53.7 Å². The minimum absolute atomic E-state index is 0.246. The van der Waals surface area contributed by atoms with E-state index in [-0.39, 0.29) is 4.71 Å². The molecule has 1 aromatic heterocycles. The van der Waals surface area contributed by atoms with Gasteiger partial charge >= 0.3 is 12.1 Å². The van der Waals surface area contributed by atoms with Gasteiger partial charge in [0, 0.05) is 35.8 Å². The van der Waals surface area contributed by atoms with Crippen molar-refractivity contribution in [1.82, 2.24) is 0 Å². The number of rotatable bonds is 7. The van der Waals surface area contributed by atoms with Crippen LogP contribution in [-0.2, 0) is 4.79 Å². The Labute approximate surface area is 171 Å². The lowest BCUT2D eigenvalue weighted by molar-refractivity contribution is -0.144. The number of anilines is 1. The van der Waals surface area contributed by atoms with Gasteiger partial charge in [-0.25, -0.2) is 4.79 Å². The van der Waals surface area contributed by atoms with Crippen molar-refractivity contribution in [2.75, 3.05) is 18.0 Å². The maximum atomic E-state index is 12.5. The van der Waals surface area contributed by atoms with E-state index in [0.29, 0.717) is 17.2 Å². The van der Waals surface area contributed by atoms with Crippen molar-refractivity contribution in [2.45, 2.75) is 20.0 Å². The third kappa shape index (κ3) is 5.80. The monoisotopic (exact) mass is 423 g/mol. The summed E-state index contributed by atoms with van der Waals surface area (Å²) < 4.78 is 43.6. The van der Waals surface area contributed by atoms with E-state index in [1.54, 1.807) is 6.08 Å². The molecule has 2 aromatic rings. The van der Waals surface area contributed by atoms with Gasteiger partial charge in [0.2, 0.25) is 0 Å². The fourth-order valence-electron chi connectivity index (χ4n) is 2.68. The third-order valence-corrected chi connectivity index (χ3v) is 4.49. The lowest BCUT2D eigenvalue weighted by Gasteiger charge is -2.21. The highest BCUT2D eigenvalue weighted by atomic mass is 32.1. The number of halogens is 3. The summed E-state index contributed by atoms with van der Waals surface area (Å²) in [7, 11) is 0. The molecular formula is C21H20F3NO3S. The molecule has 0 unspecified atom stereocenters. The number of alkyl halides is 3. The summed E-state index contributed by atoms with van der Waals surface area (Å²) in [6.07, 6.45) is 0.920. The van der Waals surface area contributed by atoms with Crippen LogP contribution in [0.5, 0.6) is 0 Å². The molecule has 4 nitrogen and oxygen atoms in total. The fourth-order valence-corrected chi connectivity index (χ4v) is 2.90. The molecule has 0 saturated heterocycles. The Balaban J connectivity index is 2.26. The van der Waals surface area contributed by atoms with E-state index in [1.807, 2.05) is 24.3 Å². The van der Waals surface area contributed by atoms with E-state index < -0.39 is 17.7 Å². The minimum atomic E-state index is -4.92. The molecule has 0 fully saturated rings. The molecule has 0 aliphatic carbocycles. The Bertz CT molecular complexity index is 1030. The van der Waals surface area contributed by atoms with Crippen LogP contribution in [0.4, 0.5) is 18.9 Å². The van der Waals surface area contributed by atoms with Crippen molar-refractivity contribution < 1.29 is 27.5 Å². The molecule has 2 rings (SSSR count). The highest BCUT2D eigenvalue weighted by Crippen LogP contribution is 2.26. The number of fused-ring (bicyclic) bond motifs is 1. The molecular weight excluding hydrogens is 403 g/mol. The first-order valence-corrected chi connectivity index (χ1v) is 9.26. The largest absolute Gasteiger partial charge is 0.478 e. The Kier molecular flexibility index (Phi) is 7.39. The Morgan fingerprint density at radius 3 is 2.45 bits per heavy atom. The van der Waals surface area contributed by atoms with Gasteiger partial charge in [0.05, 0.1) is 0 Å². The maximum Gasteiger partial charge on any atom is 0.423 e. The smallest absolute Gasteiger partial charge is 0.423 e. The number of hydrogen-bond acceptors (Lipinski definition) is 4. The number of carboxylic acid groups (broad SMARTS) is 1. The van der Waals surface area contributed by atoms with Crippen LogP contribution in [0, 0.1) is 4.71 Å². The van der Waals surface area contributed by atoms with Crippen molar-refractivity contribution in [3.05, 3.63) is 64.4 Å². The van der Waals surface area contributed by atoms with Crippen LogP contribution in [-0.4, -0.2) is 30.3 Å². The van der Waals surface area contributed by atoms with E-state index in [4.69, 9.17) is 21.7 Å². The van der Waals surface area contributed by atoms with Gasteiger partial charge in [0.1, 0.15) is 11.2 Å². The van der Waals surface area contributed by atoms with Gasteiger partial charge in [-0.2, -0.15) is 13.2 Å². The lowest BCUT2D eigenvalue weighted by Crippen LogP contribution is -2.21. The standard InChI is InChI=1S/C21H20F3NO3S/c1-3-25(4-2)16-11-10-14-12-15(20(29)28-18(14)13-16)8-6-5-7-9-17(19(26)27)21(22,23)24/h5-13H,3-4H2,1-2H3,(H,26,27). The van der Waals surface area contributed by atoms with Crippen molar-refractivity contribution >= 4 is 40.9 Å². The second-order valence-corrected chi connectivity index (χ2v) is 6.38. The molecule has 8 heteroatoms. The average Bonchev–Trinajstić information content (AvgIpc) is 2.64. The van der Waals surface area contributed by atoms with Crippen LogP contribution >= 0.6 is 12.2 Å². The molecule has 1 heterocycles. The molecule has 154 valence electrons. The van der Waals surface area contributed by atoms with Crippen LogP contribution in [0.2, 0.25) is 0 Å². The molecule has 0 atom stereocenters. The zero-order chi connectivity index (χ0) is 21.6. The Morgan fingerprint density at radius 2 is 1.86 bits per heavy atom. The highest BCUT2D eigenvalue weighted by molar-refractivity contribution is 7.71. The number of carbonyl (C=O) groups is 1. The van der Waals surface area contributed by atoms with Crippen molar-refractivity contribution in [3.8, 4) is 0 Å². The van der Waals surface area contributed by atoms with E-state index in [9.17, 15) is 18.0 Å². The molecule has 0 bridgehead atoms. The van der Waals surface area contributed by atoms with Crippen LogP contribution in [0.25, 0.3) is 17.0 Å². The van der Waals surface area contributed by atoms with Gasteiger partial charge in [-0.3, -0.25) is 0 Å². The fraction of sp³-hybridized carbons (Fsp3) is 0.238. The molecule has 1 N–H and O–H groups in total. The summed E-state index contributed by atoms with van der Waals surface area (Å²) in [4.78, 5) is 12.8. The zero-order valence-corrected chi connectivity index (χ0v) is 16.7. The molecule has 1 aromatic carbocycles. The Morgan fingerprint density at radius 1 is 1.17 bits per heavy atom. The average molecular weight is 423 g/mol. The van der Waals surface area contributed by atoms with Gasteiger partial charge in [-0.1, -0.05) is 24.3 Å². The van der Waals surface area contributed by atoms with E-state index in [1.165, 1.54) is 12.2 Å². The van der Waals surface area contributed by atoms with Gasteiger partial charge in [-0.15, -0.1) is 0 Å². The quantitative estimate of drug-likeness (QED) is 0.329. The van der Waals surface area contributed by atoms with E-state index in [0.717, 1.165) is 30.2 Å². The van der Waals surface area contributed by atoms with E-state index in [2.05, 4.69) is 18.7 Å². The van der Waals surface area contributed by atoms with Crippen molar-refractivity contribution in [1.29, 1.82) is 0 Å². The summed E-state index contributed by atoms with van der Waals surface area (Å²) in [5.74, 6) is -2.03. The summed E-state index contributed by atoms with van der Waals surface area (Å²) >= 11 is 5.25. The number of carboxylic acids is 1. The summed E-state index contributed by atoms with van der Waals surface area (Å²) in [5, 5.41) is 9.43. The van der Waals surface area contributed by atoms with Gasteiger partial charge in [0.15, 0.2) is 4.71 Å². The third-order valence-electron chi connectivity index (χ3n) is 4.17. The number of nitrogens with zero attached hydrogens (tertiary/aromatic N) is 1. The van der Waals surface area contributed by atoms with Gasteiger partial charge in [0.25, 0.3) is 0 Å². The summed E-state index contributed by atoms with van der Waals surface area (Å²) in [5.41, 5.74) is 0.616. The van der Waals surface area contributed by atoms with Crippen LogP contribution in [0.15, 0.2) is 58.6 Å². The van der Waals surface area contributed by atoms with Gasteiger partial charge < -0.3 is 14.4 Å². The first-order valence-electron chi connectivity index (χ1n) is 8.85. The number of benzene rings is 1. The number of aliphatic carboxylic acids is 1. The number of hydrogen-bond donors (Lipinski definition) is 1. The summed E-state index contributed by atoms with van der Waals surface area (Å²) in [6.45, 7) is 5.85. The molecule has 0 aliphatic heterocycles. The molecule has 0 radical (unpaired) electrons. The molecule has 29 heavy (non-hydrogen) atoms. The van der Waals surface area contributed by atoms with E-state index >= 15 is 0 Å². The molecule has 0 amide bonds. The first kappa shape index (κ1) is 22.4. The highest BCUT2D eigenvalue weighted by Gasteiger charge is 2.38. The maximum absolute atomic E-state index is 12.5. The number of allylic oxidation sites excluding steroid dienone is 4. The lowest BCUT2D eigenvalue weighted by atomic mass is 10.1. The van der Waals surface area contributed by atoms with Crippen LogP contribution in [0.1, 0.15) is 19.4 Å². The zero-order valence-electron chi connectivity index (χ0n) is 15.9. The second kappa shape index (κ2) is 9.56. The first-order chi connectivity index (χ1) is 13.7. The molecule has 0 saturated carbocycles. The molecule has 0 aliphatic rings. The predicted molar refractivity (Wildman–Crippen MR) is 111 cm³/mol.